The highest BCUT2D eigenvalue weighted by Crippen LogP contribution is 2.13. The van der Waals surface area contributed by atoms with Gasteiger partial charge in [0.1, 0.15) is 11.6 Å². The van der Waals surface area contributed by atoms with Gasteiger partial charge in [-0.25, -0.2) is 4.98 Å². The molecule has 0 unspecified atom stereocenters. The van der Waals surface area contributed by atoms with Gasteiger partial charge in [-0.15, -0.1) is 0 Å². The number of ether oxygens (including phenoxy) is 1. The zero-order valence-corrected chi connectivity index (χ0v) is 15.7. The lowest BCUT2D eigenvalue weighted by Gasteiger charge is -2.09. The van der Waals surface area contributed by atoms with Crippen LogP contribution in [-0.2, 0) is 12.8 Å². The highest BCUT2D eigenvalue weighted by Gasteiger charge is 2.01. The molecule has 0 saturated carbocycles. The van der Waals surface area contributed by atoms with Crippen molar-refractivity contribution >= 4 is 11.8 Å². The van der Waals surface area contributed by atoms with E-state index < -0.39 is 0 Å². The maximum Gasteiger partial charge on any atom is 0.224 e. The van der Waals surface area contributed by atoms with Crippen LogP contribution < -0.4 is 15.4 Å². The molecule has 0 saturated heterocycles. The fourth-order valence-electron chi connectivity index (χ4n) is 2.84. The SMILES string of the molecule is COc1cccc(CCNc2nccc(NCCCc3ccccc3)n2)c1. The maximum atomic E-state index is 5.26. The van der Waals surface area contributed by atoms with Crippen LogP contribution in [0.15, 0.2) is 66.9 Å². The van der Waals surface area contributed by atoms with Crippen molar-refractivity contribution < 1.29 is 4.74 Å². The normalized spacial score (nSPS) is 10.4. The van der Waals surface area contributed by atoms with E-state index in [2.05, 4.69) is 50.9 Å². The lowest BCUT2D eigenvalue weighted by molar-refractivity contribution is 0.414. The van der Waals surface area contributed by atoms with E-state index in [1.54, 1.807) is 13.3 Å². The number of rotatable bonds is 10. The summed E-state index contributed by atoms with van der Waals surface area (Å²) in [4.78, 5) is 8.82. The van der Waals surface area contributed by atoms with Crippen LogP contribution in [0.2, 0.25) is 0 Å². The summed E-state index contributed by atoms with van der Waals surface area (Å²) in [7, 11) is 1.68. The Labute approximate surface area is 160 Å². The zero-order valence-electron chi connectivity index (χ0n) is 15.7. The van der Waals surface area contributed by atoms with E-state index >= 15 is 0 Å². The average molecular weight is 362 g/mol. The van der Waals surface area contributed by atoms with Gasteiger partial charge in [-0.2, -0.15) is 4.98 Å². The summed E-state index contributed by atoms with van der Waals surface area (Å²) in [6, 6.07) is 20.5. The van der Waals surface area contributed by atoms with Crippen molar-refractivity contribution in [2.45, 2.75) is 19.3 Å². The Hall–Kier alpha value is -3.08. The van der Waals surface area contributed by atoms with Crippen LogP contribution in [-0.4, -0.2) is 30.2 Å². The molecule has 1 heterocycles. The van der Waals surface area contributed by atoms with Crippen LogP contribution in [0.4, 0.5) is 11.8 Å². The number of anilines is 2. The van der Waals surface area contributed by atoms with Gasteiger partial charge in [-0.1, -0.05) is 42.5 Å². The molecule has 0 amide bonds. The minimum absolute atomic E-state index is 0.644. The van der Waals surface area contributed by atoms with Crippen molar-refractivity contribution in [3.8, 4) is 5.75 Å². The molecule has 0 spiro atoms. The number of nitrogens with zero attached hydrogens (tertiary/aromatic N) is 2. The fraction of sp³-hybridized carbons (Fsp3) is 0.273. The molecule has 0 aliphatic carbocycles. The third-order valence-electron chi connectivity index (χ3n) is 4.28. The third-order valence-corrected chi connectivity index (χ3v) is 4.28. The maximum absolute atomic E-state index is 5.26. The predicted octanol–water partition coefficient (Wildman–Crippen LogP) is 4.18. The highest BCUT2D eigenvalue weighted by molar-refractivity contribution is 5.39. The molecule has 5 heteroatoms. The molecular formula is C22H26N4O. The van der Waals surface area contributed by atoms with Crippen molar-refractivity contribution in [2.24, 2.45) is 0 Å². The van der Waals surface area contributed by atoms with Gasteiger partial charge in [0.05, 0.1) is 7.11 Å². The molecule has 0 atom stereocenters. The summed E-state index contributed by atoms with van der Waals surface area (Å²) in [6.07, 6.45) is 4.78. The first-order chi connectivity index (χ1) is 13.3. The fourth-order valence-corrected chi connectivity index (χ4v) is 2.84. The van der Waals surface area contributed by atoms with Gasteiger partial charge >= 0.3 is 0 Å². The largest absolute Gasteiger partial charge is 0.497 e. The van der Waals surface area contributed by atoms with Gasteiger partial charge in [0.25, 0.3) is 0 Å². The molecule has 3 aromatic rings. The van der Waals surface area contributed by atoms with Crippen molar-refractivity contribution in [2.75, 3.05) is 30.8 Å². The van der Waals surface area contributed by atoms with E-state index in [1.165, 1.54) is 11.1 Å². The van der Waals surface area contributed by atoms with Crippen molar-refractivity contribution in [3.05, 3.63) is 78.0 Å². The van der Waals surface area contributed by atoms with Crippen LogP contribution in [0.3, 0.4) is 0 Å². The summed E-state index contributed by atoms with van der Waals surface area (Å²) in [5.41, 5.74) is 2.58. The zero-order chi connectivity index (χ0) is 18.7. The molecule has 0 fully saturated rings. The van der Waals surface area contributed by atoms with Crippen molar-refractivity contribution in [1.29, 1.82) is 0 Å². The Morgan fingerprint density at radius 1 is 0.852 bits per heavy atom. The van der Waals surface area contributed by atoms with E-state index in [0.29, 0.717) is 5.95 Å². The first kappa shape index (κ1) is 18.7. The molecule has 140 valence electrons. The standard InChI is InChI=1S/C22H26N4O/c1-27-20-11-5-9-19(17-20)12-15-24-22-25-16-13-21(26-22)23-14-6-10-18-7-3-2-4-8-18/h2-5,7-9,11,13,16-17H,6,10,12,14-15H2,1H3,(H2,23,24,25,26). The second kappa shape index (κ2) is 10.2. The van der Waals surface area contributed by atoms with Gasteiger partial charge < -0.3 is 15.4 Å². The Morgan fingerprint density at radius 2 is 1.70 bits per heavy atom. The number of hydrogen-bond acceptors (Lipinski definition) is 5. The van der Waals surface area contributed by atoms with Crippen LogP contribution in [0.1, 0.15) is 17.5 Å². The second-order valence-electron chi connectivity index (χ2n) is 6.31. The second-order valence-corrected chi connectivity index (χ2v) is 6.31. The number of benzene rings is 2. The quantitative estimate of drug-likeness (QED) is 0.530. The van der Waals surface area contributed by atoms with E-state index in [-0.39, 0.29) is 0 Å². The van der Waals surface area contributed by atoms with E-state index in [1.807, 2.05) is 30.3 Å². The summed E-state index contributed by atoms with van der Waals surface area (Å²) >= 11 is 0. The third kappa shape index (κ3) is 6.29. The molecular weight excluding hydrogens is 336 g/mol. The lowest BCUT2D eigenvalue weighted by Crippen LogP contribution is -2.10. The van der Waals surface area contributed by atoms with Crippen LogP contribution in [0.25, 0.3) is 0 Å². The van der Waals surface area contributed by atoms with E-state index in [0.717, 1.165) is 43.9 Å². The average Bonchev–Trinajstić information content (AvgIpc) is 2.72. The highest BCUT2D eigenvalue weighted by atomic mass is 16.5. The Bertz CT molecular complexity index is 823. The minimum Gasteiger partial charge on any atom is -0.497 e. The lowest BCUT2D eigenvalue weighted by atomic mass is 10.1. The number of aryl methyl sites for hydroxylation is 1. The molecule has 1 aromatic heterocycles. The molecule has 0 bridgehead atoms. The van der Waals surface area contributed by atoms with Crippen molar-refractivity contribution in [3.63, 3.8) is 0 Å². The van der Waals surface area contributed by atoms with E-state index in [4.69, 9.17) is 4.74 Å². The number of methoxy groups -OCH3 is 1. The Balaban J connectivity index is 1.41. The van der Waals surface area contributed by atoms with Gasteiger partial charge in [0.2, 0.25) is 5.95 Å². The summed E-state index contributed by atoms with van der Waals surface area (Å²) in [5.74, 6) is 2.37. The molecule has 0 radical (unpaired) electrons. The van der Waals surface area contributed by atoms with E-state index in [9.17, 15) is 0 Å². The molecule has 0 aliphatic heterocycles. The molecule has 27 heavy (non-hydrogen) atoms. The summed E-state index contributed by atoms with van der Waals surface area (Å²) in [6.45, 7) is 1.65. The topological polar surface area (TPSA) is 59.1 Å². The van der Waals surface area contributed by atoms with Gasteiger partial charge in [-0.3, -0.25) is 0 Å². The van der Waals surface area contributed by atoms with Crippen LogP contribution in [0.5, 0.6) is 5.75 Å². The molecule has 3 rings (SSSR count). The van der Waals surface area contributed by atoms with Gasteiger partial charge in [0.15, 0.2) is 0 Å². The van der Waals surface area contributed by atoms with Crippen LogP contribution in [0, 0.1) is 0 Å². The Kier molecular flexibility index (Phi) is 7.04. The molecule has 2 aromatic carbocycles. The number of hydrogen-bond donors (Lipinski definition) is 2. The predicted molar refractivity (Wildman–Crippen MR) is 110 cm³/mol. The molecule has 5 nitrogen and oxygen atoms in total. The Morgan fingerprint density at radius 3 is 2.56 bits per heavy atom. The first-order valence-electron chi connectivity index (χ1n) is 9.31. The summed E-state index contributed by atoms with van der Waals surface area (Å²) < 4.78 is 5.26. The summed E-state index contributed by atoms with van der Waals surface area (Å²) in [5, 5.41) is 6.66. The monoisotopic (exact) mass is 362 g/mol. The van der Waals surface area contributed by atoms with Gasteiger partial charge in [-0.05, 0) is 48.6 Å². The van der Waals surface area contributed by atoms with Crippen molar-refractivity contribution in [1.82, 2.24) is 9.97 Å². The number of nitrogens with one attached hydrogen (secondary N) is 2. The smallest absolute Gasteiger partial charge is 0.224 e. The van der Waals surface area contributed by atoms with Crippen LogP contribution >= 0.6 is 0 Å². The number of aromatic nitrogens is 2. The molecule has 0 aliphatic rings. The molecule has 2 N–H and O–H groups in total. The minimum atomic E-state index is 0.644. The van der Waals surface area contributed by atoms with Gasteiger partial charge in [0, 0.05) is 19.3 Å². The first-order valence-corrected chi connectivity index (χ1v) is 9.31.